The molecule has 4 rings (SSSR count). The number of nitrogens with zero attached hydrogens (tertiary/aromatic N) is 4. The molecule has 0 bridgehead atoms. The molecule has 7 heteroatoms. The third-order valence-corrected chi connectivity index (χ3v) is 6.88. The van der Waals surface area contributed by atoms with E-state index in [0.29, 0.717) is 25.2 Å². The van der Waals surface area contributed by atoms with Gasteiger partial charge in [-0.2, -0.15) is 0 Å². The van der Waals surface area contributed by atoms with E-state index in [1.54, 1.807) is 7.11 Å². The fourth-order valence-electron chi connectivity index (χ4n) is 4.77. The Morgan fingerprint density at radius 1 is 0.861 bits per heavy atom. The van der Waals surface area contributed by atoms with E-state index in [1.807, 2.05) is 66.1 Å². The number of carbonyl (C=O) groups excluding carboxylic acids is 2. The fraction of sp³-hybridized carbons (Fsp3) is 0.448. The molecule has 1 aromatic heterocycles. The van der Waals surface area contributed by atoms with E-state index in [9.17, 15) is 9.59 Å². The Labute approximate surface area is 213 Å². The van der Waals surface area contributed by atoms with Gasteiger partial charge in [-0.05, 0) is 56.5 Å². The monoisotopic (exact) mass is 488 g/mol. The molecule has 190 valence electrons. The number of anilines is 1. The van der Waals surface area contributed by atoms with Crippen LogP contribution in [-0.4, -0.2) is 53.5 Å². The number of ether oxygens (including phenoxy) is 1. The van der Waals surface area contributed by atoms with Crippen molar-refractivity contribution in [3.63, 3.8) is 0 Å². The van der Waals surface area contributed by atoms with Gasteiger partial charge in [0.05, 0.1) is 22.4 Å². The van der Waals surface area contributed by atoms with Crippen molar-refractivity contribution >= 4 is 28.5 Å². The predicted octanol–water partition coefficient (Wildman–Crippen LogP) is 5.22. The van der Waals surface area contributed by atoms with E-state index in [0.717, 1.165) is 72.2 Å². The molecule has 1 aliphatic rings. The first kappa shape index (κ1) is 25.8. The normalized spacial score (nSPS) is 15.5. The van der Waals surface area contributed by atoms with E-state index in [2.05, 4.69) is 9.97 Å². The molecule has 0 saturated heterocycles. The molecule has 36 heavy (non-hydrogen) atoms. The van der Waals surface area contributed by atoms with Crippen LogP contribution in [0.2, 0.25) is 0 Å². The lowest BCUT2D eigenvalue weighted by Gasteiger charge is -2.28. The second-order valence-electron chi connectivity index (χ2n) is 9.55. The summed E-state index contributed by atoms with van der Waals surface area (Å²) in [4.78, 5) is 39.7. The van der Waals surface area contributed by atoms with Gasteiger partial charge >= 0.3 is 0 Å². The number of rotatable bonds is 3. The number of hydrogen-bond acceptors (Lipinski definition) is 5. The lowest BCUT2D eigenvalue weighted by atomic mass is 10.1. The minimum atomic E-state index is -0.0588. The summed E-state index contributed by atoms with van der Waals surface area (Å²) in [6.45, 7) is 5.65. The molecule has 0 radical (unpaired) electrons. The van der Waals surface area contributed by atoms with Gasteiger partial charge in [-0.25, -0.2) is 9.97 Å². The van der Waals surface area contributed by atoms with Crippen LogP contribution in [0.5, 0.6) is 0 Å². The van der Waals surface area contributed by atoms with Crippen LogP contribution < -0.4 is 4.90 Å². The maximum absolute atomic E-state index is 13.8. The second-order valence-corrected chi connectivity index (χ2v) is 9.55. The highest BCUT2D eigenvalue weighted by Crippen LogP contribution is 2.26. The van der Waals surface area contributed by atoms with Crippen LogP contribution in [-0.2, 0) is 16.1 Å². The highest BCUT2D eigenvalue weighted by molar-refractivity contribution is 5.98. The Morgan fingerprint density at radius 2 is 1.53 bits per heavy atom. The van der Waals surface area contributed by atoms with Gasteiger partial charge < -0.3 is 14.5 Å². The van der Waals surface area contributed by atoms with Crippen molar-refractivity contribution in [3.05, 3.63) is 65.0 Å². The van der Waals surface area contributed by atoms with Crippen molar-refractivity contribution in [2.45, 2.75) is 58.9 Å². The molecule has 0 aliphatic carbocycles. The SMILES string of the molecule is COCC(=O)N1CCCCCCCCN(C(=O)c2ccc3nc(C)c(C)nc3c2)Cc2ccccc21. The lowest BCUT2D eigenvalue weighted by Crippen LogP contribution is -2.37. The van der Waals surface area contributed by atoms with E-state index < -0.39 is 0 Å². The molecule has 1 aliphatic heterocycles. The number of methoxy groups -OCH3 is 1. The third-order valence-electron chi connectivity index (χ3n) is 6.88. The molecule has 2 amide bonds. The molecule has 2 aromatic carbocycles. The molecule has 3 aromatic rings. The highest BCUT2D eigenvalue weighted by Gasteiger charge is 2.23. The summed E-state index contributed by atoms with van der Waals surface area (Å²) >= 11 is 0. The van der Waals surface area contributed by atoms with Gasteiger partial charge in [0.25, 0.3) is 11.8 Å². The van der Waals surface area contributed by atoms with Crippen molar-refractivity contribution in [3.8, 4) is 0 Å². The van der Waals surface area contributed by atoms with E-state index >= 15 is 0 Å². The molecular formula is C29H36N4O3. The standard InChI is InChI=1S/C29H36N4O3/c1-21-22(2)31-26-18-23(14-15-25(26)30-21)29(35)32-16-10-6-4-5-7-11-17-33(28(34)20-36-3)27-13-9-8-12-24(27)19-32/h8-9,12-15,18H,4-7,10-11,16-17,19-20H2,1-3H3. The minimum Gasteiger partial charge on any atom is -0.375 e. The Morgan fingerprint density at radius 3 is 2.28 bits per heavy atom. The Balaban J connectivity index is 1.68. The average Bonchev–Trinajstić information content (AvgIpc) is 2.89. The van der Waals surface area contributed by atoms with Crippen LogP contribution in [0.15, 0.2) is 42.5 Å². The third kappa shape index (κ3) is 6.08. The van der Waals surface area contributed by atoms with Gasteiger partial charge in [0.1, 0.15) is 6.61 Å². The molecule has 0 unspecified atom stereocenters. The second kappa shape index (κ2) is 12.1. The summed E-state index contributed by atoms with van der Waals surface area (Å²) in [5.41, 5.74) is 5.69. The zero-order valence-electron chi connectivity index (χ0n) is 21.6. The van der Waals surface area contributed by atoms with Gasteiger partial charge in [-0.15, -0.1) is 0 Å². The molecule has 0 N–H and O–H groups in total. The molecule has 7 nitrogen and oxygen atoms in total. The Kier molecular flexibility index (Phi) is 8.65. The summed E-state index contributed by atoms with van der Waals surface area (Å²) in [5, 5.41) is 0. The first-order valence-electron chi connectivity index (χ1n) is 12.9. The van der Waals surface area contributed by atoms with Crippen LogP contribution >= 0.6 is 0 Å². The van der Waals surface area contributed by atoms with E-state index in [-0.39, 0.29) is 18.4 Å². The van der Waals surface area contributed by atoms with Crippen LogP contribution in [0.25, 0.3) is 11.0 Å². The summed E-state index contributed by atoms with van der Waals surface area (Å²) in [6, 6.07) is 13.5. The Hall–Kier alpha value is -3.32. The molecule has 2 heterocycles. The maximum Gasteiger partial charge on any atom is 0.254 e. The van der Waals surface area contributed by atoms with Crippen LogP contribution in [0.1, 0.15) is 65.8 Å². The molecule has 0 atom stereocenters. The number of amides is 2. The van der Waals surface area contributed by atoms with Gasteiger partial charge in [0.15, 0.2) is 0 Å². The van der Waals surface area contributed by atoms with Crippen molar-refractivity contribution in [1.82, 2.24) is 14.9 Å². The van der Waals surface area contributed by atoms with Crippen molar-refractivity contribution < 1.29 is 14.3 Å². The topological polar surface area (TPSA) is 75.6 Å². The quantitative estimate of drug-likeness (QED) is 0.505. The van der Waals surface area contributed by atoms with Gasteiger partial charge in [0.2, 0.25) is 0 Å². The largest absolute Gasteiger partial charge is 0.375 e. The van der Waals surface area contributed by atoms with Crippen LogP contribution in [0.4, 0.5) is 5.69 Å². The number of aryl methyl sites for hydroxylation is 2. The van der Waals surface area contributed by atoms with E-state index in [4.69, 9.17) is 4.74 Å². The maximum atomic E-state index is 13.8. The summed E-state index contributed by atoms with van der Waals surface area (Å²) in [6.07, 6.45) is 6.32. The summed E-state index contributed by atoms with van der Waals surface area (Å²) in [5.74, 6) is -0.0900. The van der Waals surface area contributed by atoms with Gasteiger partial charge in [0, 0.05) is 38.0 Å². The molecule has 0 saturated carbocycles. The van der Waals surface area contributed by atoms with Crippen LogP contribution in [0.3, 0.4) is 0 Å². The number of hydrogen-bond donors (Lipinski definition) is 0. The molecule has 0 spiro atoms. The summed E-state index contributed by atoms with van der Waals surface area (Å²) < 4.78 is 5.17. The van der Waals surface area contributed by atoms with Gasteiger partial charge in [-0.1, -0.05) is 43.9 Å². The highest BCUT2D eigenvalue weighted by atomic mass is 16.5. The number of aromatic nitrogens is 2. The Bertz CT molecular complexity index is 1230. The first-order valence-corrected chi connectivity index (χ1v) is 12.9. The van der Waals surface area contributed by atoms with E-state index in [1.165, 1.54) is 0 Å². The number of benzene rings is 2. The number of fused-ring (bicyclic) bond motifs is 2. The minimum absolute atomic E-state index is 0.0311. The zero-order chi connectivity index (χ0) is 25.5. The van der Waals surface area contributed by atoms with Crippen LogP contribution in [0, 0.1) is 13.8 Å². The van der Waals surface area contributed by atoms with Crippen molar-refractivity contribution in [2.75, 3.05) is 31.7 Å². The van der Waals surface area contributed by atoms with Crippen molar-refractivity contribution in [1.29, 1.82) is 0 Å². The van der Waals surface area contributed by atoms with Crippen molar-refractivity contribution in [2.24, 2.45) is 0 Å². The predicted molar refractivity (Wildman–Crippen MR) is 142 cm³/mol. The number of carbonyl (C=O) groups is 2. The van der Waals surface area contributed by atoms with Gasteiger partial charge in [-0.3, -0.25) is 9.59 Å². The lowest BCUT2D eigenvalue weighted by molar-refractivity contribution is -0.122. The smallest absolute Gasteiger partial charge is 0.254 e. The zero-order valence-corrected chi connectivity index (χ0v) is 21.6. The fourth-order valence-corrected chi connectivity index (χ4v) is 4.77. The number of para-hydroxylation sites is 1. The first-order chi connectivity index (χ1) is 17.5. The summed E-state index contributed by atoms with van der Waals surface area (Å²) in [7, 11) is 1.54. The molecular weight excluding hydrogens is 452 g/mol. The molecule has 0 fully saturated rings. The average molecular weight is 489 g/mol.